The lowest BCUT2D eigenvalue weighted by atomic mass is 10.3. The van der Waals surface area contributed by atoms with Crippen molar-refractivity contribution in [3.8, 4) is 0 Å². The maximum absolute atomic E-state index is 6.03. The lowest BCUT2D eigenvalue weighted by molar-refractivity contribution is 0.641. The van der Waals surface area contributed by atoms with Crippen LogP contribution < -0.4 is 15.1 Å². The summed E-state index contributed by atoms with van der Waals surface area (Å²) in [7, 11) is 0. The average Bonchev–Trinajstić information content (AvgIpc) is 2.69. The largest absolute Gasteiger partial charge is 0.353 e. The Bertz CT molecular complexity index is 865. The SMILES string of the molecule is Clc1cccc(Nc2nccc(N3CCN(c4ccccn4)CC3)n2)c1. The molecular formula is C19H19ClN6. The summed E-state index contributed by atoms with van der Waals surface area (Å²) in [6.07, 6.45) is 3.61. The fraction of sp³-hybridized carbons (Fsp3) is 0.211. The van der Waals surface area contributed by atoms with Gasteiger partial charge >= 0.3 is 0 Å². The van der Waals surface area contributed by atoms with E-state index in [-0.39, 0.29) is 0 Å². The molecule has 1 N–H and O–H groups in total. The van der Waals surface area contributed by atoms with Crippen molar-refractivity contribution < 1.29 is 0 Å². The summed E-state index contributed by atoms with van der Waals surface area (Å²) in [5.41, 5.74) is 0.870. The molecule has 0 bridgehead atoms. The van der Waals surface area contributed by atoms with E-state index < -0.39 is 0 Å². The Hall–Kier alpha value is -2.86. The van der Waals surface area contributed by atoms with Crippen LogP contribution in [0.1, 0.15) is 0 Å². The van der Waals surface area contributed by atoms with Gasteiger partial charge in [0.15, 0.2) is 0 Å². The van der Waals surface area contributed by atoms with Gasteiger partial charge in [0, 0.05) is 49.3 Å². The molecule has 4 rings (SSSR count). The number of pyridine rings is 1. The van der Waals surface area contributed by atoms with Crippen molar-refractivity contribution in [2.24, 2.45) is 0 Å². The monoisotopic (exact) mass is 366 g/mol. The molecule has 0 amide bonds. The Morgan fingerprint density at radius 1 is 0.808 bits per heavy atom. The van der Waals surface area contributed by atoms with Crippen LogP contribution >= 0.6 is 11.6 Å². The lowest BCUT2D eigenvalue weighted by Crippen LogP contribution is -2.47. The van der Waals surface area contributed by atoms with Crippen molar-refractivity contribution in [2.75, 3.05) is 41.3 Å². The first kappa shape index (κ1) is 16.6. The third-order valence-corrected chi connectivity index (χ3v) is 4.53. The summed E-state index contributed by atoms with van der Waals surface area (Å²) in [6.45, 7) is 3.62. The first-order valence-electron chi connectivity index (χ1n) is 8.54. The number of hydrogen-bond donors (Lipinski definition) is 1. The minimum atomic E-state index is 0.567. The van der Waals surface area contributed by atoms with E-state index in [0.29, 0.717) is 11.0 Å². The molecule has 0 saturated carbocycles. The second-order valence-corrected chi connectivity index (χ2v) is 6.47. The molecule has 1 aliphatic rings. The van der Waals surface area contributed by atoms with Gasteiger partial charge in [-0.25, -0.2) is 9.97 Å². The number of nitrogens with one attached hydrogen (secondary N) is 1. The van der Waals surface area contributed by atoms with Crippen molar-refractivity contribution in [1.82, 2.24) is 15.0 Å². The van der Waals surface area contributed by atoms with E-state index in [1.165, 1.54) is 0 Å². The average molecular weight is 367 g/mol. The number of anilines is 4. The molecule has 6 nitrogen and oxygen atoms in total. The molecular weight excluding hydrogens is 348 g/mol. The van der Waals surface area contributed by atoms with E-state index in [9.17, 15) is 0 Å². The van der Waals surface area contributed by atoms with Crippen LogP contribution in [0.4, 0.5) is 23.3 Å². The molecule has 26 heavy (non-hydrogen) atoms. The first-order valence-corrected chi connectivity index (χ1v) is 8.92. The third kappa shape index (κ3) is 3.86. The molecule has 0 radical (unpaired) electrons. The molecule has 1 fully saturated rings. The van der Waals surface area contributed by atoms with Gasteiger partial charge in [-0.2, -0.15) is 4.98 Å². The number of rotatable bonds is 4. The van der Waals surface area contributed by atoms with E-state index in [4.69, 9.17) is 11.6 Å². The normalized spacial score (nSPS) is 14.3. The predicted octanol–water partition coefficient (Wildman–Crippen LogP) is 3.60. The van der Waals surface area contributed by atoms with E-state index in [1.54, 1.807) is 6.20 Å². The molecule has 1 aromatic carbocycles. The minimum Gasteiger partial charge on any atom is -0.353 e. The van der Waals surface area contributed by atoms with Crippen molar-refractivity contribution in [3.63, 3.8) is 0 Å². The molecule has 3 heterocycles. The van der Waals surface area contributed by atoms with Gasteiger partial charge in [-0.05, 0) is 36.4 Å². The standard InChI is InChI=1S/C19H19ClN6/c20-15-4-3-5-16(14-15)23-19-22-9-7-18(24-19)26-12-10-25(11-13-26)17-6-1-2-8-21-17/h1-9,14H,10-13H2,(H,22,23,24). The fourth-order valence-corrected chi connectivity index (χ4v) is 3.18. The molecule has 2 aromatic heterocycles. The Kier molecular flexibility index (Phi) is 4.84. The number of benzene rings is 1. The molecule has 0 spiro atoms. The number of hydrogen-bond acceptors (Lipinski definition) is 6. The highest BCUT2D eigenvalue weighted by molar-refractivity contribution is 6.30. The van der Waals surface area contributed by atoms with Crippen LogP contribution in [0.2, 0.25) is 5.02 Å². The highest BCUT2D eigenvalue weighted by Gasteiger charge is 2.19. The lowest BCUT2D eigenvalue weighted by Gasteiger charge is -2.36. The van der Waals surface area contributed by atoms with Crippen molar-refractivity contribution in [2.45, 2.75) is 0 Å². The third-order valence-electron chi connectivity index (χ3n) is 4.30. The van der Waals surface area contributed by atoms with Crippen molar-refractivity contribution in [3.05, 3.63) is 65.9 Å². The van der Waals surface area contributed by atoms with Crippen LogP contribution in [0.15, 0.2) is 60.9 Å². The van der Waals surface area contributed by atoms with Gasteiger partial charge < -0.3 is 15.1 Å². The van der Waals surface area contributed by atoms with Gasteiger partial charge in [-0.1, -0.05) is 23.7 Å². The number of piperazine rings is 1. The molecule has 132 valence electrons. The Balaban J connectivity index is 1.43. The van der Waals surface area contributed by atoms with Crippen LogP contribution in [0.3, 0.4) is 0 Å². The van der Waals surface area contributed by atoms with Gasteiger partial charge in [0.2, 0.25) is 5.95 Å². The second kappa shape index (κ2) is 7.58. The minimum absolute atomic E-state index is 0.567. The van der Waals surface area contributed by atoms with Crippen LogP contribution in [-0.4, -0.2) is 41.1 Å². The van der Waals surface area contributed by atoms with Crippen LogP contribution in [-0.2, 0) is 0 Å². The van der Waals surface area contributed by atoms with Crippen molar-refractivity contribution in [1.29, 1.82) is 0 Å². The van der Waals surface area contributed by atoms with E-state index in [0.717, 1.165) is 43.5 Å². The maximum atomic E-state index is 6.03. The van der Waals surface area contributed by atoms with E-state index in [1.807, 2.05) is 54.7 Å². The van der Waals surface area contributed by atoms with Crippen LogP contribution in [0.25, 0.3) is 0 Å². The number of aromatic nitrogens is 3. The highest BCUT2D eigenvalue weighted by Crippen LogP contribution is 2.21. The summed E-state index contributed by atoms with van der Waals surface area (Å²) < 4.78 is 0. The second-order valence-electron chi connectivity index (χ2n) is 6.04. The molecule has 1 saturated heterocycles. The van der Waals surface area contributed by atoms with Gasteiger partial charge in [0.25, 0.3) is 0 Å². The zero-order chi connectivity index (χ0) is 17.8. The smallest absolute Gasteiger partial charge is 0.229 e. The Morgan fingerprint density at radius 2 is 1.62 bits per heavy atom. The predicted molar refractivity (Wildman–Crippen MR) is 105 cm³/mol. The summed E-state index contributed by atoms with van der Waals surface area (Å²) in [4.78, 5) is 17.9. The first-order chi connectivity index (χ1) is 12.8. The van der Waals surface area contributed by atoms with E-state index >= 15 is 0 Å². The highest BCUT2D eigenvalue weighted by atomic mass is 35.5. The zero-order valence-corrected chi connectivity index (χ0v) is 15.0. The molecule has 3 aromatic rings. The van der Waals surface area contributed by atoms with Crippen molar-refractivity contribution >= 4 is 34.9 Å². The van der Waals surface area contributed by atoms with Gasteiger partial charge in [0.1, 0.15) is 11.6 Å². The summed E-state index contributed by atoms with van der Waals surface area (Å²) in [6, 6.07) is 15.5. The Labute approximate surface area is 157 Å². The van der Waals surface area contributed by atoms with E-state index in [2.05, 4.69) is 30.1 Å². The molecule has 0 unspecified atom stereocenters. The quantitative estimate of drug-likeness (QED) is 0.761. The van der Waals surface area contributed by atoms with Crippen LogP contribution in [0, 0.1) is 0 Å². The van der Waals surface area contributed by atoms with Gasteiger partial charge in [-0.3, -0.25) is 0 Å². The molecule has 0 atom stereocenters. The Morgan fingerprint density at radius 3 is 2.35 bits per heavy atom. The summed E-state index contributed by atoms with van der Waals surface area (Å²) >= 11 is 6.03. The summed E-state index contributed by atoms with van der Waals surface area (Å²) in [5, 5.41) is 3.88. The topological polar surface area (TPSA) is 57.2 Å². The maximum Gasteiger partial charge on any atom is 0.229 e. The number of halogens is 1. The van der Waals surface area contributed by atoms with Gasteiger partial charge in [0.05, 0.1) is 0 Å². The number of nitrogens with zero attached hydrogens (tertiary/aromatic N) is 5. The molecule has 7 heteroatoms. The molecule has 0 aliphatic carbocycles. The fourth-order valence-electron chi connectivity index (χ4n) is 2.99. The molecule has 1 aliphatic heterocycles. The zero-order valence-electron chi connectivity index (χ0n) is 14.2. The van der Waals surface area contributed by atoms with Crippen LogP contribution in [0.5, 0.6) is 0 Å². The van der Waals surface area contributed by atoms with Gasteiger partial charge in [-0.15, -0.1) is 0 Å². The summed E-state index contributed by atoms with van der Waals surface area (Å²) in [5.74, 6) is 2.51.